The number of nitrogens with zero attached hydrogens (tertiary/aromatic N) is 1. The first-order chi connectivity index (χ1) is 14.4. The molecule has 0 bridgehead atoms. The predicted octanol–water partition coefficient (Wildman–Crippen LogP) is 5.69. The van der Waals surface area contributed by atoms with E-state index in [1.165, 1.54) is 70.6 Å². The average Bonchev–Trinajstić information content (AvgIpc) is 2.67. The largest absolute Gasteiger partial charge is 0.477 e. The molecule has 2 N–H and O–H groups in total. The van der Waals surface area contributed by atoms with Crippen LogP contribution in [0, 0.1) is 0 Å². The van der Waals surface area contributed by atoms with Gasteiger partial charge in [-0.15, -0.1) is 0 Å². The number of unbranched alkanes of at least 4 members (excludes halogenated alkanes) is 11. The van der Waals surface area contributed by atoms with E-state index in [2.05, 4.69) is 24.4 Å². The van der Waals surface area contributed by atoms with Gasteiger partial charge in [-0.1, -0.05) is 70.4 Å². The van der Waals surface area contributed by atoms with Crippen molar-refractivity contribution in [3.05, 3.63) is 12.2 Å². The molecule has 0 aromatic heterocycles. The minimum Gasteiger partial charge on any atom is -0.477 e. The van der Waals surface area contributed by atoms with E-state index >= 15 is 0 Å². The summed E-state index contributed by atoms with van der Waals surface area (Å²) >= 11 is 0. The quantitative estimate of drug-likeness (QED) is 0.141. The van der Waals surface area contributed by atoms with Gasteiger partial charge < -0.3 is 14.9 Å². The van der Waals surface area contributed by atoms with Gasteiger partial charge in [0, 0.05) is 19.4 Å². The van der Waals surface area contributed by atoms with Gasteiger partial charge in [0.05, 0.1) is 20.6 Å². The van der Waals surface area contributed by atoms with Gasteiger partial charge >= 0.3 is 5.97 Å². The number of rotatable bonds is 21. The van der Waals surface area contributed by atoms with Crippen molar-refractivity contribution in [2.75, 3.05) is 33.7 Å². The zero-order chi connectivity index (χ0) is 22.5. The molecule has 0 aromatic rings. The van der Waals surface area contributed by atoms with Gasteiger partial charge in [-0.2, -0.15) is 0 Å². The van der Waals surface area contributed by atoms with Crippen LogP contribution in [-0.4, -0.2) is 55.2 Å². The molecule has 0 aliphatic rings. The molecule has 0 fully saturated rings. The molecular formula is C25H49N2O3+. The number of likely N-dealkylation sites (N-methyl/N-ethyl adjacent to an activating group) is 1. The molecule has 1 amide bonds. The third-order valence-corrected chi connectivity index (χ3v) is 5.49. The first-order valence-corrected chi connectivity index (χ1v) is 12.3. The number of carboxylic acid groups (broad SMARTS) is 1. The molecule has 0 saturated heterocycles. The molecule has 5 heteroatoms. The van der Waals surface area contributed by atoms with Crippen LogP contribution < -0.4 is 5.32 Å². The SMILES string of the molecule is CCCCCCCC/C=C\CCCCCCCC(=O)NCCC[N+](C)(C)CC(=O)O. The standard InChI is InChI=1S/C25H48N2O3/c1-4-5-6-7-8-9-10-11-12-13-14-15-16-17-18-20-24(28)26-21-19-22-27(2,3)23-25(29)30/h11-12H,4-10,13-23H2,1-3H3,(H-,26,28,29,30)/p+1/b12-11-. The Morgan fingerprint density at radius 1 is 0.800 bits per heavy atom. The summed E-state index contributed by atoms with van der Waals surface area (Å²) in [5.74, 6) is -0.663. The molecule has 0 atom stereocenters. The van der Waals surface area contributed by atoms with Gasteiger partial charge in [0.1, 0.15) is 0 Å². The molecule has 0 unspecified atom stereocenters. The number of carbonyl (C=O) groups excluding carboxylic acids is 1. The third kappa shape index (κ3) is 21.4. The molecule has 0 aromatic carbocycles. The normalized spacial score (nSPS) is 11.8. The summed E-state index contributed by atoms with van der Waals surface area (Å²) in [6, 6.07) is 0. The summed E-state index contributed by atoms with van der Waals surface area (Å²) in [4.78, 5) is 22.6. The van der Waals surface area contributed by atoms with Crippen LogP contribution in [0.25, 0.3) is 0 Å². The second-order valence-corrected chi connectivity index (χ2v) is 9.25. The Kier molecular flexibility index (Phi) is 18.7. The molecule has 0 rings (SSSR count). The van der Waals surface area contributed by atoms with Crippen LogP contribution in [0.4, 0.5) is 0 Å². The number of aliphatic carboxylic acids is 1. The van der Waals surface area contributed by atoms with Crippen LogP contribution in [0.1, 0.15) is 103 Å². The number of hydrogen-bond donors (Lipinski definition) is 2. The summed E-state index contributed by atoms with van der Waals surface area (Å²) in [5, 5.41) is 11.8. The second-order valence-electron chi connectivity index (χ2n) is 9.25. The van der Waals surface area contributed by atoms with E-state index in [0.29, 0.717) is 17.4 Å². The highest BCUT2D eigenvalue weighted by Crippen LogP contribution is 2.10. The minimum atomic E-state index is -0.784. The molecule has 0 heterocycles. The number of amides is 1. The van der Waals surface area contributed by atoms with Gasteiger partial charge in [0.2, 0.25) is 5.91 Å². The lowest BCUT2D eigenvalue weighted by atomic mass is 10.1. The van der Waals surface area contributed by atoms with Crippen LogP contribution in [0.2, 0.25) is 0 Å². The molecule has 0 aliphatic carbocycles. The number of allylic oxidation sites excluding steroid dienone is 2. The van der Waals surface area contributed by atoms with Crippen LogP contribution in [0.15, 0.2) is 12.2 Å². The summed E-state index contributed by atoms with van der Waals surface area (Å²) < 4.78 is 0.444. The Bertz CT molecular complexity index is 461. The van der Waals surface area contributed by atoms with Crippen molar-refractivity contribution in [3.8, 4) is 0 Å². The Morgan fingerprint density at radius 2 is 1.33 bits per heavy atom. The van der Waals surface area contributed by atoms with E-state index in [1.807, 2.05) is 14.1 Å². The zero-order valence-electron chi connectivity index (χ0n) is 20.1. The van der Waals surface area contributed by atoms with Crippen molar-refractivity contribution in [2.24, 2.45) is 0 Å². The molecule has 5 nitrogen and oxygen atoms in total. The first kappa shape index (κ1) is 28.6. The average molecular weight is 426 g/mol. The fourth-order valence-corrected chi connectivity index (χ4v) is 3.62. The molecule has 30 heavy (non-hydrogen) atoms. The van der Waals surface area contributed by atoms with E-state index in [9.17, 15) is 9.59 Å². The topological polar surface area (TPSA) is 66.4 Å². The summed E-state index contributed by atoms with van der Waals surface area (Å²) in [6.07, 6.45) is 22.5. The lowest BCUT2D eigenvalue weighted by molar-refractivity contribution is -0.883. The van der Waals surface area contributed by atoms with Crippen LogP contribution in [-0.2, 0) is 9.59 Å². The lowest BCUT2D eigenvalue weighted by Crippen LogP contribution is -2.45. The molecular weight excluding hydrogens is 376 g/mol. The van der Waals surface area contributed by atoms with Gasteiger partial charge in [-0.3, -0.25) is 4.79 Å². The fourth-order valence-electron chi connectivity index (χ4n) is 3.62. The highest BCUT2D eigenvalue weighted by Gasteiger charge is 2.18. The maximum atomic E-state index is 11.9. The van der Waals surface area contributed by atoms with Crippen molar-refractivity contribution in [1.29, 1.82) is 0 Å². The van der Waals surface area contributed by atoms with Crippen LogP contribution >= 0.6 is 0 Å². The smallest absolute Gasteiger partial charge is 0.359 e. The summed E-state index contributed by atoms with van der Waals surface area (Å²) in [7, 11) is 3.81. The predicted molar refractivity (Wildman–Crippen MR) is 127 cm³/mol. The van der Waals surface area contributed by atoms with E-state index in [1.54, 1.807) is 0 Å². The van der Waals surface area contributed by atoms with Gasteiger partial charge in [0.25, 0.3) is 0 Å². The molecule has 0 aliphatic heterocycles. The van der Waals surface area contributed by atoms with Crippen molar-refractivity contribution >= 4 is 11.9 Å². The highest BCUT2D eigenvalue weighted by atomic mass is 16.4. The van der Waals surface area contributed by atoms with Gasteiger partial charge in [-0.05, 0) is 32.1 Å². The second kappa shape index (κ2) is 19.6. The maximum Gasteiger partial charge on any atom is 0.359 e. The third-order valence-electron chi connectivity index (χ3n) is 5.49. The van der Waals surface area contributed by atoms with E-state index in [4.69, 9.17) is 5.11 Å². The van der Waals surface area contributed by atoms with Crippen molar-refractivity contribution in [2.45, 2.75) is 103 Å². The van der Waals surface area contributed by atoms with E-state index in [-0.39, 0.29) is 12.5 Å². The number of carbonyl (C=O) groups is 2. The highest BCUT2D eigenvalue weighted by molar-refractivity contribution is 5.75. The summed E-state index contributed by atoms with van der Waals surface area (Å²) in [6.45, 7) is 3.76. The fraction of sp³-hybridized carbons (Fsp3) is 0.840. The Morgan fingerprint density at radius 3 is 1.90 bits per heavy atom. The van der Waals surface area contributed by atoms with Crippen molar-refractivity contribution < 1.29 is 19.2 Å². The monoisotopic (exact) mass is 425 g/mol. The van der Waals surface area contributed by atoms with E-state index < -0.39 is 5.97 Å². The molecule has 0 radical (unpaired) electrons. The van der Waals surface area contributed by atoms with Crippen LogP contribution in [0.5, 0.6) is 0 Å². The lowest BCUT2D eigenvalue weighted by Gasteiger charge is -2.27. The zero-order valence-corrected chi connectivity index (χ0v) is 20.1. The number of quaternary nitrogens is 1. The maximum absolute atomic E-state index is 11.9. The first-order valence-electron chi connectivity index (χ1n) is 12.3. The Balaban J connectivity index is 3.39. The van der Waals surface area contributed by atoms with E-state index in [0.717, 1.165) is 25.8 Å². The number of carboxylic acids is 1. The van der Waals surface area contributed by atoms with Crippen molar-refractivity contribution in [1.82, 2.24) is 5.32 Å². The number of hydrogen-bond acceptors (Lipinski definition) is 2. The Labute approximate surface area is 185 Å². The Hall–Kier alpha value is -1.36. The summed E-state index contributed by atoms with van der Waals surface area (Å²) in [5.41, 5.74) is 0. The number of nitrogens with one attached hydrogen (secondary N) is 1. The molecule has 176 valence electrons. The van der Waals surface area contributed by atoms with Gasteiger partial charge in [0.15, 0.2) is 6.54 Å². The van der Waals surface area contributed by atoms with Crippen LogP contribution in [0.3, 0.4) is 0 Å². The minimum absolute atomic E-state index is 0.114. The van der Waals surface area contributed by atoms with Crippen molar-refractivity contribution in [3.63, 3.8) is 0 Å². The van der Waals surface area contributed by atoms with Gasteiger partial charge in [-0.25, -0.2) is 4.79 Å². The molecule has 0 saturated carbocycles. The molecule has 0 spiro atoms.